The summed E-state index contributed by atoms with van der Waals surface area (Å²) in [5.41, 5.74) is 4.96. The number of carbonyl (C=O) groups is 1. The minimum atomic E-state index is -1.33. The highest BCUT2D eigenvalue weighted by Crippen LogP contribution is 2.20. The molecule has 1 atom stereocenters. The smallest absolute Gasteiger partial charge is 0.305 e. The fraction of sp³-hybridized carbons (Fsp3) is 0.222. The van der Waals surface area contributed by atoms with Crippen LogP contribution in [-0.2, 0) is 4.79 Å². The lowest BCUT2D eigenvalue weighted by Gasteiger charge is -2.10. The number of benzene rings is 1. The number of carboxylic acids is 1. The average Bonchev–Trinajstić information content (AvgIpc) is 2.09. The summed E-state index contributed by atoms with van der Waals surface area (Å²) < 4.78 is 38.3. The van der Waals surface area contributed by atoms with Crippen LogP contribution in [0, 0.1) is 17.5 Å². The Morgan fingerprint density at radius 1 is 1.27 bits per heavy atom. The van der Waals surface area contributed by atoms with Gasteiger partial charge in [0, 0.05) is 17.7 Å². The minimum absolute atomic E-state index is 0.340. The van der Waals surface area contributed by atoms with E-state index in [1.54, 1.807) is 0 Å². The molecule has 0 heterocycles. The Balaban J connectivity index is 3.03. The van der Waals surface area contributed by atoms with Gasteiger partial charge in [-0.3, -0.25) is 4.79 Å². The third-order valence-corrected chi connectivity index (χ3v) is 1.83. The van der Waals surface area contributed by atoms with Crippen molar-refractivity contribution in [3.05, 3.63) is 35.1 Å². The molecule has 1 aromatic carbocycles. The molecule has 0 unspecified atom stereocenters. The Morgan fingerprint density at radius 2 is 1.80 bits per heavy atom. The van der Waals surface area contributed by atoms with Crippen LogP contribution in [0.15, 0.2) is 12.1 Å². The van der Waals surface area contributed by atoms with Gasteiger partial charge >= 0.3 is 5.97 Å². The van der Waals surface area contributed by atoms with Crippen LogP contribution in [0.3, 0.4) is 0 Å². The Morgan fingerprint density at radius 3 is 2.33 bits per heavy atom. The maximum Gasteiger partial charge on any atom is 0.305 e. The fourth-order valence-corrected chi connectivity index (χ4v) is 1.12. The van der Waals surface area contributed by atoms with E-state index in [-0.39, 0.29) is 5.56 Å². The highest BCUT2D eigenvalue weighted by atomic mass is 19.2. The number of hydrogen-bond acceptors (Lipinski definition) is 2. The number of aliphatic carboxylic acids is 1. The van der Waals surface area contributed by atoms with Gasteiger partial charge < -0.3 is 10.8 Å². The molecule has 82 valence electrons. The van der Waals surface area contributed by atoms with Crippen molar-refractivity contribution >= 4 is 5.97 Å². The second-order valence-corrected chi connectivity index (χ2v) is 2.99. The summed E-state index contributed by atoms with van der Waals surface area (Å²) in [6.45, 7) is 0. The molecule has 0 fully saturated rings. The SMILES string of the molecule is N[C@@H](CC(=O)O)c1cc(F)c(F)cc1F. The normalized spacial score (nSPS) is 12.5. The Kier molecular flexibility index (Phi) is 3.31. The molecule has 0 radical (unpaired) electrons. The molecule has 3 N–H and O–H groups in total. The van der Waals surface area contributed by atoms with Gasteiger partial charge in [0.2, 0.25) is 0 Å². The van der Waals surface area contributed by atoms with Crippen molar-refractivity contribution in [2.45, 2.75) is 12.5 Å². The molecule has 0 aromatic heterocycles. The molecular formula is C9H8F3NO2. The van der Waals surface area contributed by atoms with Crippen LogP contribution in [0.2, 0.25) is 0 Å². The molecule has 1 rings (SSSR count). The third-order valence-electron chi connectivity index (χ3n) is 1.83. The van der Waals surface area contributed by atoms with E-state index in [1.807, 2.05) is 0 Å². The first kappa shape index (κ1) is 11.5. The van der Waals surface area contributed by atoms with E-state index in [2.05, 4.69) is 0 Å². The van der Waals surface area contributed by atoms with Gasteiger partial charge in [-0.1, -0.05) is 0 Å². The quantitative estimate of drug-likeness (QED) is 0.758. The monoisotopic (exact) mass is 219 g/mol. The molecule has 3 nitrogen and oxygen atoms in total. The van der Waals surface area contributed by atoms with Crippen LogP contribution >= 0.6 is 0 Å². The zero-order valence-corrected chi connectivity index (χ0v) is 7.51. The van der Waals surface area contributed by atoms with Crippen LogP contribution in [0.5, 0.6) is 0 Å². The molecule has 0 aliphatic rings. The van der Waals surface area contributed by atoms with Crippen molar-refractivity contribution in [2.24, 2.45) is 5.73 Å². The van der Waals surface area contributed by atoms with Gasteiger partial charge in [-0.15, -0.1) is 0 Å². The summed E-state index contributed by atoms with van der Waals surface area (Å²) in [4.78, 5) is 10.3. The molecule has 15 heavy (non-hydrogen) atoms. The zero-order chi connectivity index (χ0) is 11.6. The second kappa shape index (κ2) is 4.31. The first-order valence-corrected chi connectivity index (χ1v) is 4.03. The van der Waals surface area contributed by atoms with Crippen LogP contribution < -0.4 is 5.73 Å². The van der Waals surface area contributed by atoms with Gasteiger partial charge in [-0.2, -0.15) is 0 Å². The molecule has 0 amide bonds. The lowest BCUT2D eigenvalue weighted by atomic mass is 10.0. The van der Waals surface area contributed by atoms with Crippen molar-refractivity contribution in [3.8, 4) is 0 Å². The van der Waals surface area contributed by atoms with E-state index in [0.717, 1.165) is 0 Å². The summed E-state index contributed by atoms with van der Waals surface area (Å²) in [5, 5.41) is 8.39. The number of halogens is 3. The van der Waals surface area contributed by atoms with Gasteiger partial charge in [0.1, 0.15) is 5.82 Å². The molecule has 0 saturated heterocycles. The van der Waals surface area contributed by atoms with Gasteiger partial charge in [-0.25, -0.2) is 13.2 Å². The van der Waals surface area contributed by atoms with E-state index in [1.165, 1.54) is 0 Å². The summed E-state index contributed by atoms with van der Waals surface area (Å²) in [6.07, 6.45) is -0.554. The third kappa shape index (κ3) is 2.69. The van der Waals surface area contributed by atoms with Gasteiger partial charge in [-0.05, 0) is 6.07 Å². The Bertz CT molecular complexity index is 395. The molecule has 0 aliphatic carbocycles. The van der Waals surface area contributed by atoms with Crippen LogP contribution in [0.4, 0.5) is 13.2 Å². The van der Waals surface area contributed by atoms with E-state index in [0.29, 0.717) is 12.1 Å². The predicted octanol–water partition coefficient (Wildman–Crippen LogP) is 1.58. The summed E-state index contributed by atoms with van der Waals surface area (Å²) in [6, 6.07) is -0.289. The Labute approximate surface area is 83.3 Å². The number of hydrogen-bond donors (Lipinski definition) is 2. The van der Waals surface area contributed by atoms with Crippen molar-refractivity contribution in [2.75, 3.05) is 0 Å². The summed E-state index contributed by atoms with van der Waals surface area (Å²) in [5.74, 6) is -4.89. The molecule has 0 bridgehead atoms. The highest BCUT2D eigenvalue weighted by molar-refractivity contribution is 5.67. The number of carboxylic acid groups (broad SMARTS) is 1. The molecule has 0 saturated carbocycles. The van der Waals surface area contributed by atoms with E-state index < -0.39 is 35.9 Å². The lowest BCUT2D eigenvalue weighted by Crippen LogP contribution is -2.17. The summed E-state index contributed by atoms with van der Waals surface area (Å²) >= 11 is 0. The fourth-order valence-electron chi connectivity index (χ4n) is 1.12. The van der Waals surface area contributed by atoms with Gasteiger partial charge in [0.05, 0.1) is 6.42 Å². The average molecular weight is 219 g/mol. The van der Waals surface area contributed by atoms with Crippen LogP contribution in [0.1, 0.15) is 18.0 Å². The van der Waals surface area contributed by atoms with Gasteiger partial charge in [0.25, 0.3) is 0 Å². The number of nitrogens with two attached hydrogens (primary N) is 1. The standard InChI is InChI=1S/C9H8F3NO2/c10-5-2-7(12)6(11)1-4(5)8(13)3-9(14)15/h1-2,8H,3,13H2,(H,14,15)/t8-/m0/s1. The first-order valence-electron chi connectivity index (χ1n) is 4.03. The maximum atomic E-state index is 13.1. The zero-order valence-electron chi connectivity index (χ0n) is 7.51. The molecule has 0 spiro atoms. The second-order valence-electron chi connectivity index (χ2n) is 2.99. The predicted molar refractivity (Wildman–Crippen MR) is 45.5 cm³/mol. The minimum Gasteiger partial charge on any atom is -0.481 e. The van der Waals surface area contributed by atoms with Crippen LogP contribution in [-0.4, -0.2) is 11.1 Å². The van der Waals surface area contributed by atoms with Gasteiger partial charge in [0.15, 0.2) is 11.6 Å². The maximum absolute atomic E-state index is 13.1. The lowest BCUT2D eigenvalue weighted by molar-refractivity contribution is -0.137. The van der Waals surface area contributed by atoms with E-state index in [9.17, 15) is 18.0 Å². The highest BCUT2D eigenvalue weighted by Gasteiger charge is 2.17. The molecular weight excluding hydrogens is 211 g/mol. The molecule has 1 aromatic rings. The topological polar surface area (TPSA) is 63.3 Å². The van der Waals surface area contributed by atoms with E-state index in [4.69, 9.17) is 10.8 Å². The molecule has 0 aliphatic heterocycles. The van der Waals surface area contributed by atoms with Crippen molar-refractivity contribution < 1.29 is 23.1 Å². The largest absolute Gasteiger partial charge is 0.481 e. The summed E-state index contributed by atoms with van der Waals surface area (Å²) in [7, 11) is 0. The Hall–Kier alpha value is -1.56. The van der Waals surface area contributed by atoms with Crippen molar-refractivity contribution in [1.29, 1.82) is 0 Å². The van der Waals surface area contributed by atoms with Crippen LogP contribution in [0.25, 0.3) is 0 Å². The van der Waals surface area contributed by atoms with Crippen molar-refractivity contribution in [3.63, 3.8) is 0 Å². The number of rotatable bonds is 3. The van der Waals surface area contributed by atoms with Crippen molar-refractivity contribution in [1.82, 2.24) is 0 Å². The first-order chi connectivity index (χ1) is 6.91. The molecule has 6 heteroatoms. The van der Waals surface area contributed by atoms with E-state index >= 15 is 0 Å².